The summed E-state index contributed by atoms with van der Waals surface area (Å²) in [5.74, 6) is 0.500. The fraction of sp³-hybridized carbons (Fsp3) is 0.882. The van der Waals surface area contributed by atoms with Crippen molar-refractivity contribution < 1.29 is 15.3 Å². The van der Waals surface area contributed by atoms with E-state index < -0.39 is 16.8 Å². The van der Waals surface area contributed by atoms with E-state index in [1.54, 1.807) is 0 Å². The highest BCUT2D eigenvalue weighted by Crippen LogP contribution is 2.60. The van der Waals surface area contributed by atoms with Crippen LogP contribution in [0.5, 0.6) is 0 Å². The van der Waals surface area contributed by atoms with E-state index in [1.807, 2.05) is 20.8 Å². The van der Waals surface area contributed by atoms with Crippen molar-refractivity contribution in [1.82, 2.24) is 0 Å². The van der Waals surface area contributed by atoms with Crippen molar-refractivity contribution >= 4 is 0 Å². The predicted molar refractivity (Wildman–Crippen MR) is 78.1 cm³/mol. The van der Waals surface area contributed by atoms with E-state index in [0.29, 0.717) is 0 Å². The fourth-order valence-electron chi connectivity index (χ4n) is 4.83. The third-order valence-electron chi connectivity index (χ3n) is 6.36. The molecule has 0 heterocycles. The van der Waals surface area contributed by atoms with Crippen LogP contribution in [0.4, 0.5) is 0 Å². The van der Waals surface area contributed by atoms with Gasteiger partial charge in [0.15, 0.2) is 0 Å². The molecule has 0 unspecified atom stereocenters. The van der Waals surface area contributed by atoms with Crippen molar-refractivity contribution in [2.75, 3.05) is 0 Å². The highest BCUT2D eigenvalue weighted by Gasteiger charge is 2.62. The normalized spacial score (nSPS) is 60.5. The second kappa shape index (κ2) is 4.31. The molecule has 2 saturated carbocycles. The average Bonchev–Trinajstić information content (AvgIpc) is 3.07. The van der Waals surface area contributed by atoms with Gasteiger partial charge in [0.05, 0.1) is 16.8 Å². The molecule has 3 heteroatoms. The lowest BCUT2D eigenvalue weighted by Gasteiger charge is -2.38. The van der Waals surface area contributed by atoms with Gasteiger partial charge in [-0.05, 0) is 70.6 Å². The number of rotatable bonds is 0. The number of allylic oxidation sites excluding steroid dienone is 1. The van der Waals surface area contributed by atoms with Crippen molar-refractivity contribution in [1.29, 1.82) is 0 Å². The Labute approximate surface area is 121 Å². The molecule has 0 aromatic rings. The van der Waals surface area contributed by atoms with Crippen molar-refractivity contribution in [3.63, 3.8) is 0 Å². The van der Waals surface area contributed by atoms with Gasteiger partial charge in [-0.25, -0.2) is 0 Å². The summed E-state index contributed by atoms with van der Waals surface area (Å²) >= 11 is 0. The third kappa shape index (κ3) is 2.15. The van der Waals surface area contributed by atoms with Crippen molar-refractivity contribution in [2.45, 2.75) is 69.7 Å². The molecule has 0 amide bonds. The third-order valence-corrected chi connectivity index (χ3v) is 6.36. The summed E-state index contributed by atoms with van der Waals surface area (Å²) in [7, 11) is 0. The maximum Gasteiger partial charge on any atom is 0.0686 e. The van der Waals surface area contributed by atoms with E-state index in [0.717, 1.165) is 32.1 Å². The van der Waals surface area contributed by atoms with Crippen LogP contribution in [0.15, 0.2) is 12.2 Å². The van der Waals surface area contributed by atoms with Crippen molar-refractivity contribution in [2.24, 2.45) is 23.7 Å². The van der Waals surface area contributed by atoms with Crippen LogP contribution < -0.4 is 0 Å². The summed E-state index contributed by atoms with van der Waals surface area (Å²) in [6.07, 6.45) is 8.27. The van der Waals surface area contributed by atoms with Gasteiger partial charge in [-0.1, -0.05) is 12.2 Å². The first-order valence-electron chi connectivity index (χ1n) is 8.00. The van der Waals surface area contributed by atoms with E-state index in [-0.39, 0.29) is 23.7 Å². The van der Waals surface area contributed by atoms with Gasteiger partial charge in [0, 0.05) is 5.92 Å². The molecule has 0 spiro atoms. The summed E-state index contributed by atoms with van der Waals surface area (Å²) in [6, 6.07) is 0. The topological polar surface area (TPSA) is 60.7 Å². The van der Waals surface area contributed by atoms with Gasteiger partial charge in [-0.3, -0.25) is 0 Å². The molecule has 3 aliphatic rings. The maximum atomic E-state index is 11.1. The monoisotopic (exact) mass is 280 g/mol. The first kappa shape index (κ1) is 14.6. The van der Waals surface area contributed by atoms with Gasteiger partial charge >= 0.3 is 0 Å². The summed E-state index contributed by atoms with van der Waals surface area (Å²) in [4.78, 5) is 0. The molecule has 2 fully saturated rings. The van der Waals surface area contributed by atoms with Crippen LogP contribution in [-0.4, -0.2) is 32.1 Å². The Balaban J connectivity index is 1.95. The maximum absolute atomic E-state index is 11.1. The van der Waals surface area contributed by atoms with Gasteiger partial charge in [0.25, 0.3) is 0 Å². The minimum absolute atomic E-state index is 0.0294. The molecule has 0 bridgehead atoms. The molecular weight excluding hydrogens is 252 g/mol. The number of hydrogen-bond acceptors (Lipinski definition) is 3. The lowest BCUT2D eigenvalue weighted by molar-refractivity contribution is -0.0723. The zero-order valence-electron chi connectivity index (χ0n) is 12.8. The standard InChI is InChI=1S/C17H28O3/c1-15(18)8-5-4-6-11-12(7-9-16(11,2)19)17(3,20)14-10-13(14)15/h4,6,11-14,18-20H,5,7-10H2,1-3H3/b6-4+/t11-,12-,13-,14-,15+,16-,17-/m1/s1. The number of fused-ring (bicyclic) bond motifs is 2. The van der Waals surface area contributed by atoms with Crippen LogP contribution in [0.2, 0.25) is 0 Å². The van der Waals surface area contributed by atoms with Crippen LogP contribution in [0.3, 0.4) is 0 Å². The molecule has 0 aliphatic heterocycles. The first-order valence-corrected chi connectivity index (χ1v) is 8.00. The van der Waals surface area contributed by atoms with Gasteiger partial charge in [0.2, 0.25) is 0 Å². The van der Waals surface area contributed by atoms with Gasteiger partial charge in [-0.15, -0.1) is 0 Å². The zero-order chi connectivity index (χ0) is 14.8. The van der Waals surface area contributed by atoms with Gasteiger partial charge in [-0.2, -0.15) is 0 Å². The lowest BCUT2D eigenvalue weighted by atomic mass is 9.73. The van der Waals surface area contributed by atoms with Gasteiger partial charge in [0.1, 0.15) is 0 Å². The summed E-state index contributed by atoms with van der Waals surface area (Å²) < 4.78 is 0. The molecule has 0 saturated heterocycles. The molecule has 0 radical (unpaired) electrons. The number of hydrogen-bond donors (Lipinski definition) is 3. The molecule has 0 aromatic heterocycles. The van der Waals surface area contributed by atoms with E-state index >= 15 is 0 Å². The Kier molecular flexibility index (Phi) is 3.14. The summed E-state index contributed by atoms with van der Waals surface area (Å²) in [5.41, 5.74) is -2.17. The smallest absolute Gasteiger partial charge is 0.0686 e. The minimum atomic E-state index is -0.790. The first-order chi connectivity index (χ1) is 9.16. The second-order valence-corrected chi connectivity index (χ2v) is 8.03. The second-order valence-electron chi connectivity index (χ2n) is 8.03. The molecule has 3 rings (SSSR count). The molecule has 7 atom stereocenters. The zero-order valence-corrected chi connectivity index (χ0v) is 12.8. The Hall–Kier alpha value is -0.380. The summed E-state index contributed by atoms with van der Waals surface area (Å²) in [6.45, 7) is 5.72. The largest absolute Gasteiger partial charge is 0.390 e. The molecule has 3 aliphatic carbocycles. The van der Waals surface area contributed by atoms with E-state index in [2.05, 4.69) is 12.2 Å². The van der Waals surface area contributed by atoms with Crippen LogP contribution in [0.25, 0.3) is 0 Å². The van der Waals surface area contributed by atoms with E-state index in [4.69, 9.17) is 0 Å². The van der Waals surface area contributed by atoms with Crippen LogP contribution in [0, 0.1) is 23.7 Å². The van der Waals surface area contributed by atoms with Crippen LogP contribution in [0.1, 0.15) is 52.9 Å². The van der Waals surface area contributed by atoms with Gasteiger partial charge < -0.3 is 15.3 Å². The Morgan fingerprint density at radius 1 is 0.900 bits per heavy atom. The quantitative estimate of drug-likeness (QED) is 0.596. The summed E-state index contributed by atoms with van der Waals surface area (Å²) in [5, 5.41) is 32.3. The van der Waals surface area contributed by atoms with Crippen molar-refractivity contribution in [3.8, 4) is 0 Å². The molecule has 0 aromatic carbocycles. The molecule has 114 valence electrons. The van der Waals surface area contributed by atoms with E-state index in [1.165, 1.54) is 0 Å². The Morgan fingerprint density at radius 2 is 1.60 bits per heavy atom. The SMILES string of the molecule is C[C@]1(O)[C@@H]2C[C@H]2[C@@](C)(O)CC/C=C/[C@@H]2[C@H]1CC[C@@]2(C)O. The van der Waals surface area contributed by atoms with E-state index in [9.17, 15) is 15.3 Å². The highest BCUT2D eigenvalue weighted by atomic mass is 16.3. The van der Waals surface area contributed by atoms with Crippen LogP contribution >= 0.6 is 0 Å². The van der Waals surface area contributed by atoms with Crippen LogP contribution in [-0.2, 0) is 0 Å². The molecule has 3 N–H and O–H groups in total. The fourth-order valence-corrected chi connectivity index (χ4v) is 4.83. The molecular formula is C17H28O3. The average molecular weight is 280 g/mol. The predicted octanol–water partition coefficient (Wildman–Crippen LogP) is 2.25. The Morgan fingerprint density at radius 3 is 2.30 bits per heavy atom. The highest BCUT2D eigenvalue weighted by molar-refractivity contribution is 5.16. The number of aliphatic hydroxyl groups is 3. The molecule has 20 heavy (non-hydrogen) atoms. The minimum Gasteiger partial charge on any atom is -0.390 e. The molecule has 3 nitrogen and oxygen atoms in total. The van der Waals surface area contributed by atoms with Crippen molar-refractivity contribution in [3.05, 3.63) is 12.2 Å². The lowest BCUT2D eigenvalue weighted by Crippen LogP contribution is -2.45. The Bertz CT molecular complexity index is 422.